The zero-order valence-corrected chi connectivity index (χ0v) is 27.8. The highest BCUT2D eigenvalue weighted by Crippen LogP contribution is 2.39. The van der Waals surface area contributed by atoms with Crippen molar-refractivity contribution >= 4 is 0 Å². The second-order valence-electron chi connectivity index (χ2n) is 11.0. The maximum Gasteiger partial charge on any atom is 0.232 e. The minimum atomic E-state index is 0.211. The molecule has 0 saturated heterocycles. The Hall–Kier alpha value is -6.64. The van der Waals surface area contributed by atoms with Crippen LogP contribution in [0.1, 0.15) is 25.0 Å². The van der Waals surface area contributed by atoms with Gasteiger partial charge in [0, 0.05) is 33.4 Å². The molecule has 0 unspecified atom stereocenters. The quantitative estimate of drug-likeness (QED) is 0.113. The van der Waals surface area contributed by atoms with E-state index in [0.29, 0.717) is 58.4 Å². The van der Waals surface area contributed by atoms with Crippen LogP contribution in [-0.4, -0.2) is 36.4 Å². The molecule has 0 spiro atoms. The summed E-state index contributed by atoms with van der Waals surface area (Å²) in [7, 11) is 0. The van der Waals surface area contributed by atoms with Crippen LogP contribution in [0.2, 0.25) is 0 Å². The largest absolute Gasteiger partial charge is 0.489 e. The first-order valence-electron chi connectivity index (χ1n) is 16.4. The summed E-state index contributed by atoms with van der Waals surface area (Å²) in [5.74, 6) is 1.72. The van der Waals surface area contributed by atoms with Crippen LogP contribution in [0, 0.1) is 22.7 Å². The zero-order chi connectivity index (χ0) is 34.7. The summed E-state index contributed by atoms with van der Waals surface area (Å²) in [5.41, 5.74) is 6.64. The number of nitrogens with zero attached hydrogens (tertiary/aromatic N) is 4. The number of aromatic nitrogens is 2. The molecule has 50 heavy (non-hydrogen) atoms. The second kappa shape index (κ2) is 16.0. The van der Waals surface area contributed by atoms with E-state index in [1.807, 2.05) is 135 Å². The van der Waals surface area contributed by atoms with Gasteiger partial charge in [0.2, 0.25) is 11.8 Å². The van der Waals surface area contributed by atoms with E-state index in [1.165, 1.54) is 0 Å². The van der Waals surface area contributed by atoms with Crippen LogP contribution < -0.4 is 18.9 Å². The SMILES string of the molecule is CCOc1nc(-c2ccccc2)cc(-c2ccccc2OCCOc2ccccc2-c2cc(-c3ccccc3)nc(OCC)c2C#N)c1C#N. The van der Waals surface area contributed by atoms with Gasteiger partial charge in [0.1, 0.15) is 48.0 Å². The molecular formula is C42H34N4O4. The second-order valence-corrected chi connectivity index (χ2v) is 11.0. The summed E-state index contributed by atoms with van der Waals surface area (Å²) >= 11 is 0. The van der Waals surface area contributed by atoms with E-state index in [-0.39, 0.29) is 25.0 Å². The first kappa shape index (κ1) is 33.3. The number of rotatable bonds is 13. The van der Waals surface area contributed by atoms with Crippen LogP contribution >= 0.6 is 0 Å². The average molecular weight is 659 g/mol. The Bertz CT molecular complexity index is 2020. The topological polar surface area (TPSA) is 110 Å². The van der Waals surface area contributed by atoms with Crippen molar-refractivity contribution in [2.45, 2.75) is 13.8 Å². The third kappa shape index (κ3) is 7.26. The smallest absolute Gasteiger partial charge is 0.232 e. The summed E-state index contributed by atoms with van der Waals surface area (Å²) in [5, 5.41) is 20.4. The van der Waals surface area contributed by atoms with E-state index in [4.69, 9.17) is 18.9 Å². The minimum absolute atomic E-state index is 0.211. The highest BCUT2D eigenvalue weighted by atomic mass is 16.5. The van der Waals surface area contributed by atoms with Crippen LogP contribution in [0.15, 0.2) is 121 Å². The molecule has 0 amide bonds. The van der Waals surface area contributed by atoms with Gasteiger partial charge in [-0.3, -0.25) is 0 Å². The molecule has 8 nitrogen and oxygen atoms in total. The Morgan fingerprint density at radius 3 is 1.24 bits per heavy atom. The maximum atomic E-state index is 10.2. The number of hydrogen-bond donors (Lipinski definition) is 0. The fraction of sp³-hybridized carbons (Fsp3) is 0.143. The van der Waals surface area contributed by atoms with E-state index >= 15 is 0 Å². The molecule has 0 aliphatic rings. The van der Waals surface area contributed by atoms with Gasteiger partial charge in [-0.1, -0.05) is 97.1 Å². The van der Waals surface area contributed by atoms with Gasteiger partial charge in [0.05, 0.1) is 24.6 Å². The van der Waals surface area contributed by atoms with Gasteiger partial charge in [-0.05, 0) is 38.1 Å². The van der Waals surface area contributed by atoms with Crippen LogP contribution in [-0.2, 0) is 0 Å². The molecule has 6 rings (SSSR count). The third-order valence-electron chi connectivity index (χ3n) is 7.85. The van der Waals surface area contributed by atoms with Gasteiger partial charge in [-0.2, -0.15) is 10.5 Å². The lowest BCUT2D eigenvalue weighted by Gasteiger charge is -2.17. The molecule has 0 aliphatic carbocycles. The summed E-state index contributed by atoms with van der Waals surface area (Å²) in [6.45, 7) is 4.89. The van der Waals surface area contributed by atoms with E-state index in [1.54, 1.807) is 0 Å². The maximum absolute atomic E-state index is 10.2. The molecule has 0 saturated carbocycles. The molecule has 0 radical (unpaired) electrons. The average Bonchev–Trinajstić information content (AvgIpc) is 3.17. The first-order valence-corrected chi connectivity index (χ1v) is 16.4. The van der Waals surface area contributed by atoms with E-state index in [0.717, 1.165) is 22.3 Å². The molecule has 0 aliphatic heterocycles. The van der Waals surface area contributed by atoms with Crippen molar-refractivity contribution in [2.24, 2.45) is 0 Å². The number of benzene rings is 4. The van der Waals surface area contributed by atoms with Gasteiger partial charge in [0.25, 0.3) is 0 Å². The van der Waals surface area contributed by atoms with Crippen molar-refractivity contribution in [1.29, 1.82) is 10.5 Å². The summed E-state index contributed by atoms with van der Waals surface area (Å²) < 4.78 is 24.3. The van der Waals surface area contributed by atoms with E-state index < -0.39 is 0 Å². The number of ether oxygens (including phenoxy) is 4. The Labute approximate surface area is 291 Å². The summed E-state index contributed by atoms with van der Waals surface area (Å²) in [6, 6.07) is 43.1. The van der Waals surface area contributed by atoms with Crippen molar-refractivity contribution in [3.63, 3.8) is 0 Å². The predicted molar refractivity (Wildman–Crippen MR) is 193 cm³/mol. The molecule has 0 atom stereocenters. The predicted octanol–water partition coefficient (Wildman–Crippen LogP) is 9.14. The first-order chi connectivity index (χ1) is 24.6. The fourth-order valence-corrected chi connectivity index (χ4v) is 5.61. The molecule has 0 fully saturated rings. The van der Waals surface area contributed by atoms with Crippen molar-refractivity contribution < 1.29 is 18.9 Å². The van der Waals surface area contributed by atoms with Gasteiger partial charge in [-0.25, -0.2) is 9.97 Å². The molecule has 246 valence electrons. The Balaban J connectivity index is 1.28. The Morgan fingerprint density at radius 2 is 0.860 bits per heavy atom. The Morgan fingerprint density at radius 1 is 0.480 bits per heavy atom. The molecule has 4 aromatic carbocycles. The third-order valence-corrected chi connectivity index (χ3v) is 7.85. The molecule has 6 aromatic rings. The van der Waals surface area contributed by atoms with Crippen LogP contribution in [0.25, 0.3) is 44.8 Å². The molecule has 2 heterocycles. The van der Waals surface area contributed by atoms with E-state index in [9.17, 15) is 10.5 Å². The highest BCUT2D eigenvalue weighted by Gasteiger charge is 2.21. The Kier molecular flexibility index (Phi) is 10.6. The molecule has 2 aromatic heterocycles. The van der Waals surface area contributed by atoms with Gasteiger partial charge in [-0.15, -0.1) is 0 Å². The normalized spacial score (nSPS) is 10.5. The monoisotopic (exact) mass is 658 g/mol. The molecular weight excluding hydrogens is 624 g/mol. The lowest BCUT2D eigenvalue weighted by molar-refractivity contribution is 0.218. The number of pyridine rings is 2. The van der Waals surface area contributed by atoms with E-state index in [2.05, 4.69) is 22.1 Å². The van der Waals surface area contributed by atoms with Crippen molar-refractivity contribution in [2.75, 3.05) is 26.4 Å². The van der Waals surface area contributed by atoms with Crippen LogP contribution in [0.4, 0.5) is 0 Å². The standard InChI is InChI=1S/C42H34N4O4/c1-3-47-41-35(27-43)33(25-37(45-41)29-15-7-5-8-16-29)31-19-11-13-21-39(31)49-23-24-50-40-22-14-12-20-32(40)34-26-38(30-17-9-6-10-18-30)46-42(48-4-2)36(34)28-44/h5-22,25-26H,3-4,23-24H2,1-2H3. The molecule has 0 bridgehead atoms. The zero-order valence-electron chi connectivity index (χ0n) is 27.8. The minimum Gasteiger partial charge on any atom is -0.489 e. The molecule has 0 N–H and O–H groups in total. The van der Waals surface area contributed by atoms with Crippen LogP contribution in [0.5, 0.6) is 23.3 Å². The fourth-order valence-electron chi connectivity index (χ4n) is 5.61. The van der Waals surface area contributed by atoms with Gasteiger partial charge >= 0.3 is 0 Å². The highest BCUT2D eigenvalue weighted by molar-refractivity contribution is 5.82. The summed E-state index contributed by atoms with van der Waals surface area (Å²) in [4.78, 5) is 9.35. The lowest BCUT2D eigenvalue weighted by atomic mass is 9.98. The van der Waals surface area contributed by atoms with Gasteiger partial charge in [0.15, 0.2) is 0 Å². The van der Waals surface area contributed by atoms with Crippen molar-refractivity contribution in [3.8, 4) is 80.2 Å². The molecule has 8 heteroatoms. The van der Waals surface area contributed by atoms with Gasteiger partial charge < -0.3 is 18.9 Å². The summed E-state index contributed by atoms with van der Waals surface area (Å²) in [6.07, 6.45) is 0. The number of hydrogen-bond acceptors (Lipinski definition) is 8. The van der Waals surface area contributed by atoms with Crippen molar-refractivity contribution in [3.05, 3.63) is 132 Å². The number of nitriles is 2. The van der Waals surface area contributed by atoms with Crippen molar-refractivity contribution in [1.82, 2.24) is 9.97 Å². The van der Waals surface area contributed by atoms with Crippen LogP contribution in [0.3, 0.4) is 0 Å². The number of para-hydroxylation sites is 2. The lowest BCUT2D eigenvalue weighted by Crippen LogP contribution is -2.10.